The van der Waals surface area contributed by atoms with E-state index in [1.807, 2.05) is 46.8 Å². The van der Waals surface area contributed by atoms with Crippen LogP contribution in [0.25, 0.3) is 184 Å². The van der Waals surface area contributed by atoms with Gasteiger partial charge in [-0.3, -0.25) is 4.57 Å². The monoisotopic (exact) mass is 1570 g/mol. The van der Waals surface area contributed by atoms with Gasteiger partial charge >= 0.3 is 0 Å². The lowest BCUT2D eigenvalue weighted by Gasteiger charge is -2.16. The maximum atomic E-state index is 4.98. The Morgan fingerprint density at radius 2 is 0.426 bits per heavy atom. The maximum Gasteiger partial charge on any atom is 0.145 e. The molecule has 586 valence electrons. The molecule has 21 rings (SSSR count). The molecule has 0 saturated heterocycles. The quantitative estimate of drug-likeness (QED) is 0.113. The minimum atomic E-state index is 0.793. The Morgan fingerprint density at radius 3 is 0.770 bits per heavy atom. The van der Waals surface area contributed by atoms with Crippen LogP contribution in [-0.2, 0) is 0 Å². The number of fused-ring (bicyclic) bond motifs is 7. The van der Waals surface area contributed by atoms with Gasteiger partial charge in [0.2, 0.25) is 0 Å². The first kappa shape index (κ1) is 76.6. The third-order valence-electron chi connectivity index (χ3n) is 23.6. The van der Waals surface area contributed by atoms with Crippen LogP contribution in [0.4, 0.5) is 0 Å². The number of nitrogens with zero attached hydrogens (tertiary/aromatic N) is 10. The van der Waals surface area contributed by atoms with Crippen LogP contribution < -0.4 is 0 Å². The summed E-state index contributed by atoms with van der Waals surface area (Å²) in [6, 6.07) is 132. The lowest BCUT2D eigenvalue weighted by Crippen LogP contribution is -2.00. The third kappa shape index (κ3) is 15.0. The zero-order chi connectivity index (χ0) is 83.1. The van der Waals surface area contributed by atoms with E-state index in [4.69, 9.17) is 15.0 Å². The fraction of sp³-hybridized carbons (Fsp3) is 0.0804. The van der Waals surface area contributed by atoms with Gasteiger partial charge in [-0.15, -0.1) is 0 Å². The molecule has 0 saturated carbocycles. The fourth-order valence-corrected chi connectivity index (χ4v) is 17.1. The highest BCUT2D eigenvalue weighted by atomic mass is 15.1. The number of benzene rings is 15. The van der Waals surface area contributed by atoms with E-state index in [0.717, 1.165) is 136 Å². The second-order valence-electron chi connectivity index (χ2n) is 31.5. The molecule has 0 fully saturated rings. The molecule has 0 atom stereocenters. The topological polar surface area (TPSA) is 105 Å². The second kappa shape index (κ2) is 32.8. The molecule has 0 amide bonds. The van der Waals surface area contributed by atoms with Crippen molar-refractivity contribution in [2.45, 2.75) is 62.3 Å². The molecule has 15 aromatic carbocycles. The Balaban J connectivity index is 0.000000122. The minimum absolute atomic E-state index is 0.793. The molecule has 21 aromatic rings. The van der Waals surface area contributed by atoms with Crippen LogP contribution in [0.5, 0.6) is 0 Å². The third-order valence-corrected chi connectivity index (χ3v) is 23.6. The smallest absolute Gasteiger partial charge is 0.145 e. The Kier molecular flexibility index (Phi) is 20.6. The van der Waals surface area contributed by atoms with Crippen molar-refractivity contribution in [1.82, 2.24) is 48.6 Å². The minimum Gasteiger partial charge on any atom is -0.309 e. The van der Waals surface area contributed by atoms with Gasteiger partial charge < -0.3 is 9.13 Å². The van der Waals surface area contributed by atoms with Crippen LogP contribution >= 0.6 is 0 Å². The van der Waals surface area contributed by atoms with Crippen molar-refractivity contribution < 1.29 is 0 Å². The van der Waals surface area contributed by atoms with Crippen LogP contribution in [0, 0.1) is 62.3 Å². The lowest BCUT2D eigenvalue weighted by atomic mass is 9.92. The van der Waals surface area contributed by atoms with E-state index < -0.39 is 0 Å². The number of hydrogen-bond acceptors (Lipinski definition) is 7. The zero-order valence-electron chi connectivity index (χ0n) is 69.7. The van der Waals surface area contributed by atoms with E-state index in [-0.39, 0.29) is 0 Å². The first-order valence-electron chi connectivity index (χ1n) is 41.6. The molecule has 122 heavy (non-hydrogen) atoms. The average Bonchev–Trinajstić information content (AvgIpc) is 1.57. The molecule has 0 aliphatic rings. The van der Waals surface area contributed by atoms with Gasteiger partial charge in [-0.2, -0.15) is 0 Å². The highest BCUT2D eigenvalue weighted by Crippen LogP contribution is 2.42. The van der Waals surface area contributed by atoms with Gasteiger partial charge in [0.15, 0.2) is 0 Å². The van der Waals surface area contributed by atoms with Crippen LogP contribution in [0.2, 0.25) is 0 Å². The summed E-state index contributed by atoms with van der Waals surface area (Å²) in [6.07, 6.45) is 0. The molecule has 6 aromatic heterocycles. The van der Waals surface area contributed by atoms with Crippen molar-refractivity contribution in [1.29, 1.82) is 0 Å². The van der Waals surface area contributed by atoms with E-state index in [2.05, 4.69) is 419 Å². The molecule has 0 radical (unpaired) electrons. The van der Waals surface area contributed by atoms with E-state index in [1.165, 1.54) is 99.2 Å². The predicted molar refractivity (Wildman–Crippen MR) is 506 cm³/mol. The largest absolute Gasteiger partial charge is 0.309 e. The van der Waals surface area contributed by atoms with Crippen molar-refractivity contribution in [3.05, 3.63) is 421 Å². The van der Waals surface area contributed by atoms with Crippen molar-refractivity contribution >= 4 is 54.6 Å². The summed E-state index contributed by atoms with van der Waals surface area (Å²) in [4.78, 5) is 32.7. The van der Waals surface area contributed by atoms with Gasteiger partial charge in [0.1, 0.15) is 23.3 Å². The SMILES string of the molecule is Cc1nc(C)c(C)c(-c2ccc(-c3cc(-c4ccccc4)cc(-c4ccc(-c5ccccc5)cc4)c3)cc2)n1.Cc1nc(C)c(C)c(-c2ccc(-c3cc(-n4c5ccccc5c5ccccc54)cc(-n4c5ccccc5c5ccccc54)c3)cc2)n1.Cc1nc(C)c(C)c(-c2ccc(-c3ccc(-c4nc5ccccc5n4-c4ccccc4)cc3)cc2)n1. The van der Waals surface area contributed by atoms with E-state index in [1.54, 1.807) is 0 Å². The lowest BCUT2D eigenvalue weighted by molar-refractivity contribution is 0.991. The molecule has 0 spiro atoms. The predicted octanol–water partition coefficient (Wildman–Crippen LogP) is 28.4. The van der Waals surface area contributed by atoms with Gasteiger partial charge in [0.25, 0.3) is 0 Å². The van der Waals surface area contributed by atoms with Crippen molar-refractivity contribution in [2.24, 2.45) is 0 Å². The van der Waals surface area contributed by atoms with Gasteiger partial charge in [-0.1, -0.05) is 285 Å². The summed E-state index contributed by atoms with van der Waals surface area (Å²) in [5, 5.41) is 5.01. The van der Waals surface area contributed by atoms with Gasteiger partial charge in [0, 0.05) is 77.9 Å². The maximum absolute atomic E-state index is 4.98. The normalized spacial score (nSPS) is 11.3. The molecule has 6 heterocycles. The average molecular weight is 1570 g/mol. The molecule has 0 unspecified atom stereocenters. The highest BCUT2D eigenvalue weighted by Gasteiger charge is 2.21. The van der Waals surface area contributed by atoms with Gasteiger partial charge in [-0.25, -0.2) is 34.9 Å². The second-order valence-corrected chi connectivity index (χ2v) is 31.5. The van der Waals surface area contributed by atoms with Gasteiger partial charge in [0.05, 0.1) is 50.2 Å². The standard InChI is InChI=1S/C43H32N4.C37H30N2.C32H26N4/c1-27-28(2)44-29(3)45-43(27)31-22-20-30(21-23-31)32-24-33(46-39-16-8-4-12-35(39)36-13-5-9-17-40(36)46)26-34(25-32)47-41-18-10-6-14-37(41)38-15-7-11-19-42(38)47;1-25-26(2)38-27(3)39-37(25)33-20-18-32(19-21-33)36-23-34(29-12-8-5-9-13-29)22-35(24-36)31-16-14-30(15-17-31)28-10-6-4-7-11-28;1-21-22(2)33-23(3)34-31(21)26-17-13-24(14-18-26)25-15-19-27(20-16-25)32-35-29-11-7-8-12-30(29)36(32)28-9-5-4-6-10-28/h4-26H,1-3H3;4-24H,1-3H3;4-20H,1-3H3. The molecule has 0 bridgehead atoms. The number of imidazole rings is 1. The Morgan fingerprint density at radius 1 is 0.172 bits per heavy atom. The van der Waals surface area contributed by atoms with Crippen molar-refractivity contribution in [3.8, 4) is 129 Å². The summed E-state index contributed by atoms with van der Waals surface area (Å²) < 4.78 is 7.05. The number of para-hydroxylation sites is 7. The Labute approximate surface area is 711 Å². The molecule has 0 N–H and O–H groups in total. The summed E-state index contributed by atoms with van der Waals surface area (Å²) >= 11 is 0. The van der Waals surface area contributed by atoms with E-state index >= 15 is 0 Å². The van der Waals surface area contributed by atoms with Crippen LogP contribution in [-0.4, -0.2) is 48.6 Å². The first-order valence-corrected chi connectivity index (χ1v) is 41.6. The first-order chi connectivity index (χ1) is 59.7. The summed E-state index contributed by atoms with van der Waals surface area (Å²) in [6.45, 7) is 18.3. The fourth-order valence-electron chi connectivity index (χ4n) is 17.1. The molecular weight excluding hydrogens is 1490 g/mol. The number of aromatic nitrogens is 10. The Bertz CT molecular complexity index is 7240. The highest BCUT2D eigenvalue weighted by molar-refractivity contribution is 6.11. The van der Waals surface area contributed by atoms with Crippen molar-refractivity contribution in [2.75, 3.05) is 0 Å². The number of rotatable bonds is 13. The summed E-state index contributed by atoms with van der Waals surface area (Å²) in [5.74, 6) is 3.33. The van der Waals surface area contributed by atoms with Crippen LogP contribution in [0.3, 0.4) is 0 Å². The molecule has 10 nitrogen and oxygen atoms in total. The number of hydrogen-bond donors (Lipinski definition) is 0. The number of aryl methyl sites for hydroxylation is 6. The molecule has 10 heteroatoms. The van der Waals surface area contributed by atoms with E-state index in [0.29, 0.717) is 0 Å². The van der Waals surface area contributed by atoms with Crippen LogP contribution in [0.15, 0.2) is 370 Å². The molecule has 0 aliphatic carbocycles. The van der Waals surface area contributed by atoms with Crippen LogP contribution in [0.1, 0.15) is 51.2 Å². The summed E-state index contributed by atoms with van der Waals surface area (Å²) in [5.41, 5.74) is 38.3. The van der Waals surface area contributed by atoms with E-state index in [9.17, 15) is 0 Å². The molecule has 0 aliphatic heterocycles. The summed E-state index contributed by atoms with van der Waals surface area (Å²) in [7, 11) is 0. The zero-order valence-corrected chi connectivity index (χ0v) is 69.7. The van der Waals surface area contributed by atoms with Crippen molar-refractivity contribution in [3.63, 3.8) is 0 Å². The van der Waals surface area contributed by atoms with Gasteiger partial charge in [-0.05, 0) is 231 Å². The molecular formula is C112H88N10. The Hall–Kier alpha value is -15.4.